The maximum absolute atomic E-state index is 13.9. The standard InChI is InChI=1S/C20H31FN4O.HI/c1-5-26-19-7-6-16(12-18(19)21)13-23-20(22-4)24-17-8-10-25(11-9-17)14-15(2)3;/h6-7,12,17H,2,5,8-11,13-14H2,1,3-4H3,(H2,22,23,24);1H. The van der Waals surface area contributed by atoms with Crippen molar-refractivity contribution in [2.24, 2.45) is 4.99 Å². The predicted molar refractivity (Wildman–Crippen MR) is 121 cm³/mol. The molecule has 7 heteroatoms. The zero-order valence-electron chi connectivity index (χ0n) is 16.6. The molecule has 0 aliphatic carbocycles. The average Bonchev–Trinajstić information content (AvgIpc) is 2.62. The molecule has 0 saturated carbocycles. The first-order valence-electron chi connectivity index (χ1n) is 9.27. The van der Waals surface area contributed by atoms with Crippen molar-refractivity contribution in [1.82, 2.24) is 15.5 Å². The van der Waals surface area contributed by atoms with Crippen LogP contribution in [0, 0.1) is 5.82 Å². The molecule has 1 aromatic rings. The highest BCUT2D eigenvalue weighted by atomic mass is 127. The van der Waals surface area contributed by atoms with Crippen LogP contribution < -0.4 is 15.4 Å². The van der Waals surface area contributed by atoms with Gasteiger partial charge in [-0.15, -0.1) is 24.0 Å². The molecule has 2 rings (SSSR count). The van der Waals surface area contributed by atoms with Crippen LogP contribution in [-0.4, -0.2) is 50.2 Å². The number of nitrogens with one attached hydrogen (secondary N) is 2. The van der Waals surface area contributed by atoms with Crippen LogP contribution in [0.1, 0.15) is 32.3 Å². The Kier molecular flexibility index (Phi) is 10.7. The van der Waals surface area contributed by atoms with E-state index in [0.717, 1.165) is 44.0 Å². The van der Waals surface area contributed by atoms with Gasteiger partial charge in [0.05, 0.1) is 6.61 Å². The van der Waals surface area contributed by atoms with Crippen molar-refractivity contribution in [3.05, 3.63) is 41.7 Å². The summed E-state index contributed by atoms with van der Waals surface area (Å²) >= 11 is 0. The molecule has 2 N–H and O–H groups in total. The number of nitrogens with zero attached hydrogens (tertiary/aromatic N) is 2. The number of halogens is 2. The predicted octanol–water partition coefficient (Wildman–Crippen LogP) is 3.55. The number of benzene rings is 1. The molecule has 1 aliphatic heterocycles. The zero-order chi connectivity index (χ0) is 18.9. The molecular weight excluding hydrogens is 458 g/mol. The third-order valence-electron chi connectivity index (χ3n) is 4.40. The minimum Gasteiger partial charge on any atom is -0.491 e. The van der Waals surface area contributed by atoms with Gasteiger partial charge < -0.3 is 15.4 Å². The smallest absolute Gasteiger partial charge is 0.191 e. The van der Waals surface area contributed by atoms with Crippen LogP contribution in [0.15, 0.2) is 35.3 Å². The van der Waals surface area contributed by atoms with E-state index >= 15 is 0 Å². The van der Waals surface area contributed by atoms with E-state index in [9.17, 15) is 4.39 Å². The summed E-state index contributed by atoms with van der Waals surface area (Å²) in [5.41, 5.74) is 2.06. The Labute approximate surface area is 179 Å². The maximum Gasteiger partial charge on any atom is 0.191 e. The number of guanidine groups is 1. The lowest BCUT2D eigenvalue weighted by Crippen LogP contribution is -2.48. The molecule has 0 atom stereocenters. The minimum atomic E-state index is -0.334. The fourth-order valence-electron chi connectivity index (χ4n) is 3.12. The second-order valence-corrected chi connectivity index (χ2v) is 6.78. The van der Waals surface area contributed by atoms with Crippen molar-refractivity contribution in [3.63, 3.8) is 0 Å². The van der Waals surface area contributed by atoms with Crippen LogP contribution in [0.3, 0.4) is 0 Å². The van der Waals surface area contributed by atoms with Gasteiger partial charge in [-0.3, -0.25) is 9.89 Å². The fourth-order valence-corrected chi connectivity index (χ4v) is 3.12. The third-order valence-corrected chi connectivity index (χ3v) is 4.40. The van der Waals surface area contributed by atoms with Crippen molar-refractivity contribution < 1.29 is 9.13 Å². The first-order valence-corrected chi connectivity index (χ1v) is 9.27. The highest BCUT2D eigenvalue weighted by Gasteiger charge is 2.19. The molecule has 0 amide bonds. The highest BCUT2D eigenvalue weighted by molar-refractivity contribution is 14.0. The van der Waals surface area contributed by atoms with Crippen molar-refractivity contribution >= 4 is 29.9 Å². The fraction of sp³-hybridized carbons (Fsp3) is 0.550. The van der Waals surface area contributed by atoms with Crippen LogP contribution >= 0.6 is 24.0 Å². The van der Waals surface area contributed by atoms with Crippen molar-refractivity contribution in [1.29, 1.82) is 0 Å². The van der Waals surface area contributed by atoms with Gasteiger partial charge in [0.15, 0.2) is 17.5 Å². The number of rotatable bonds is 7. The average molecular weight is 490 g/mol. The second-order valence-electron chi connectivity index (χ2n) is 6.78. The van der Waals surface area contributed by atoms with E-state index in [2.05, 4.69) is 34.0 Å². The topological polar surface area (TPSA) is 48.9 Å². The number of ether oxygens (including phenoxy) is 1. The molecule has 1 fully saturated rings. The molecule has 1 saturated heterocycles. The molecule has 0 radical (unpaired) electrons. The number of aliphatic imine (C=N–C) groups is 1. The van der Waals surface area contributed by atoms with Gasteiger partial charge in [-0.25, -0.2) is 4.39 Å². The maximum atomic E-state index is 13.9. The summed E-state index contributed by atoms with van der Waals surface area (Å²) in [4.78, 5) is 6.71. The van der Waals surface area contributed by atoms with Crippen LogP contribution in [0.2, 0.25) is 0 Å². The molecular formula is C20H32FIN4O. The summed E-state index contributed by atoms with van der Waals surface area (Å²) in [5.74, 6) is 0.705. The number of hydrogen-bond acceptors (Lipinski definition) is 3. The lowest BCUT2D eigenvalue weighted by atomic mass is 10.0. The summed E-state index contributed by atoms with van der Waals surface area (Å²) in [6.07, 6.45) is 2.15. The van der Waals surface area contributed by atoms with E-state index in [1.54, 1.807) is 13.1 Å². The molecule has 5 nitrogen and oxygen atoms in total. The van der Waals surface area contributed by atoms with E-state index < -0.39 is 0 Å². The molecule has 0 spiro atoms. The normalized spacial score (nSPS) is 15.8. The first kappa shape index (κ1) is 23.7. The van der Waals surface area contributed by atoms with Crippen molar-refractivity contribution in [3.8, 4) is 5.75 Å². The van der Waals surface area contributed by atoms with Crippen LogP contribution in [-0.2, 0) is 6.54 Å². The van der Waals surface area contributed by atoms with Gasteiger partial charge in [-0.05, 0) is 44.4 Å². The second kappa shape index (κ2) is 12.2. The number of hydrogen-bond donors (Lipinski definition) is 2. The number of likely N-dealkylation sites (tertiary alicyclic amines) is 1. The van der Waals surface area contributed by atoms with Gasteiger partial charge in [-0.2, -0.15) is 0 Å². The SMILES string of the molecule is C=C(C)CN1CCC(NC(=NC)NCc2ccc(OCC)c(F)c2)CC1.I. The van der Waals surface area contributed by atoms with E-state index in [1.165, 1.54) is 11.6 Å². The van der Waals surface area contributed by atoms with Gasteiger partial charge in [0, 0.05) is 39.3 Å². The summed E-state index contributed by atoms with van der Waals surface area (Å²) in [7, 11) is 1.75. The quantitative estimate of drug-likeness (QED) is 0.266. The molecule has 1 aromatic carbocycles. The van der Waals surface area contributed by atoms with Gasteiger partial charge in [-0.1, -0.05) is 18.2 Å². The molecule has 0 unspecified atom stereocenters. The lowest BCUT2D eigenvalue weighted by molar-refractivity contribution is 0.221. The summed E-state index contributed by atoms with van der Waals surface area (Å²) < 4.78 is 19.2. The minimum absolute atomic E-state index is 0. The molecule has 1 aliphatic rings. The Hall–Kier alpha value is -1.35. The highest BCUT2D eigenvalue weighted by Crippen LogP contribution is 2.18. The van der Waals surface area contributed by atoms with Crippen molar-refractivity contribution in [2.75, 3.05) is 33.3 Å². The summed E-state index contributed by atoms with van der Waals surface area (Å²) in [6.45, 7) is 12.0. The molecule has 1 heterocycles. The zero-order valence-corrected chi connectivity index (χ0v) is 18.9. The van der Waals surface area contributed by atoms with E-state index in [1.807, 2.05) is 13.0 Å². The van der Waals surface area contributed by atoms with Crippen LogP contribution in [0.25, 0.3) is 0 Å². The lowest BCUT2D eigenvalue weighted by Gasteiger charge is -2.33. The molecule has 0 bridgehead atoms. The number of piperidine rings is 1. The first-order chi connectivity index (χ1) is 12.5. The Balaban J connectivity index is 0.00000364. The van der Waals surface area contributed by atoms with E-state index in [-0.39, 0.29) is 29.8 Å². The monoisotopic (exact) mass is 490 g/mol. The molecule has 152 valence electrons. The van der Waals surface area contributed by atoms with Gasteiger partial charge >= 0.3 is 0 Å². The summed E-state index contributed by atoms with van der Waals surface area (Å²) in [5, 5.41) is 6.73. The van der Waals surface area contributed by atoms with Gasteiger partial charge in [0.25, 0.3) is 0 Å². The van der Waals surface area contributed by atoms with Gasteiger partial charge in [0.2, 0.25) is 0 Å². The van der Waals surface area contributed by atoms with Gasteiger partial charge in [0.1, 0.15) is 0 Å². The van der Waals surface area contributed by atoms with Crippen molar-refractivity contribution in [2.45, 2.75) is 39.3 Å². The third kappa shape index (κ3) is 8.04. The summed E-state index contributed by atoms with van der Waals surface area (Å²) in [6, 6.07) is 5.44. The van der Waals surface area contributed by atoms with E-state index in [4.69, 9.17) is 4.74 Å². The Bertz CT molecular complexity index is 630. The van der Waals surface area contributed by atoms with E-state index in [0.29, 0.717) is 24.9 Å². The Morgan fingerprint density at radius 2 is 2.07 bits per heavy atom. The largest absolute Gasteiger partial charge is 0.491 e. The van der Waals surface area contributed by atoms with Crippen LogP contribution in [0.4, 0.5) is 4.39 Å². The Morgan fingerprint density at radius 1 is 1.37 bits per heavy atom. The molecule has 27 heavy (non-hydrogen) atoms. The molecule has 0 aromatic heterocycles. The Morgan fingerprint density at radius 3 is 2.63 bits per heavy atom. The van der Waals surface area contributed by atoms with Crippen LogP contribution in [0.5, 0.6) is 5.75 Å².